The minimum Gasteiger partial charge on any atom is -0.456 e. The van der Waals surface area contributed by atoms with E-state index in [1.54, 1.807) is 0 Å². The van der Waals surface area contributed by atoms with Crippen LogP contribution in [0.2, 0.25) is 0 Å². The van der Waals surface area contributed by atoms with Crippen molar-refractivity contribution in [3.8, 4) is 56.4 Å². The second kappa shape index (κ2) is 13.3. The summed E-state index contributed by atoms with van der Waals surface area (Å²) in [7, 11) is 61.9. The summed E-state index contributed by atoms with van der Waals surface area (Å²) in [6.07, 6.45) is 0. The molecule has 8 aromatic rings. The molecule has 2 heterocycles. The number of aromatic nitrogens is 3. The van der Waals surface area contributed by atoms with Crippen molar-refractivity contribution >= 4 is 155 Å². The lowest BCUT2D eigenvalue weighted by molar-refractivity contribution is 0.669. The first-order valence-corrected chi connectivity index (χ1v) is 16.3. The van der Waals surface area contributed by atoms with E-state index in [1.165, 1.54) is 0 Å². The average molecular weight is 650 g/mol. The molecule has 0 saturated heterocycles. The van der Waals surface area contributed by atoms with Crippen molar-refractivity contribution in [2.45, 2.75) is 0 Å². The topological polar surface area (TPSA) is 51.8 Å². The van der Waals surface area contributed by atoms with Gasteiger partial charge in [0.25, 0.3) is 0 Å². The van der Waals surface area contributed by atoms with E-state index in [9.17, 15) is 0 Å². The molecule has 0 spiro atoms. The highest BCUT2D eigenvalue weighted by Crippen LogP contribution is 2.34. The van der Waals surface area contributed by atoms with Crippen LogP contribution in [0.3, 0.4) is 0 Å². The molecule has 14 heteroatoms. The van der Waals surface area contributed by atoms with Gasteiger partial charge in [0.15, 0.2) is 17.5 Å². The molecule has 0 aliphatic carbocycles. The first-order chi connectivity index (χ1) is 25.4. The zero-order chi connectivity index (χ0) is 37.3. The predicted octanol–water partition coefficient (Wildman–Crippen LogP) is -1.96. The van der Waals surface area contributed by atoms with Crippen LogP contribution in [0.5, 0.6) is 0 Å². The van der Waals surface area contributed by atoms with E-state index in [1.807, 2.05) is 91.0 Å². The van der Waals surface area contributed by atoms with Crippen molar-refractivity contribution in [2.24, 2.45) is 0 Å². The van der Waals surface area contributed by atoms with Gasteiger partial charge in [-0.25, -0.2) is 15.0 Å². The number of rotatable bonds is 5. The van der Waals surface area contributed by atoms with Gasteiger partial charge >= 0.3 is 0 Å². The summed E-state index contributed by atoms with van der Waals surface area (Å²) >= 11 is 0. The van der Waals surface area contributed by atoms with E-state index in [2.05, 4.69) is 0 Å². The first kappa shape index (κ1) is 34.8. The molecule has 0 bridgehead atoms. The summed E-state index contributed by atoms with van der Waals surface area (Å²) in [4.78, 5) is 14.6. The Balaban J connectivity index is 1.22. The molecule has 4 nitrogen and oxygen atoms in total. The molecule has 8 rings (SSSR count). The number of furan rings is 1. The lowest BCUT2D eigenvalue weighted by Crippen LogP contribution is -2.55. The van der Waals surface area contributed by atoms with Gasteiger partial charge in [-0.2, -0.15) is 0 Å². The van der Waals surface area contributed by atoms with Crippen molar-refractivity contribution in [2.75, 3.05) is 0 Å². The second-order valence-electron chi connectivity index (χ2n) is 12.7. The maximum Gasteiger partial charge on any atom is 0.164 e. The number of hydrogen-bond donors (Lipinski definition) is 0. The van der Waals surface area contributed by atoms with Gasteiger partial charge in [-0.1, -0.05) is 88.6 Å². The largest absolute Gasteiger partial charge is 0.456 e. The predicted molar refractivity (Wildman–Crippen MR) is 228 cm³/mol. The van der Waals surface area contributed by atoms with Crippen molar-refractivity contribution in [1.29, 1.82) is 0 Å². The molecule has 0 unspecified atom stereocenters. The van der Waals surface area contributed by atoms with Gasteiger partial charge in [0.2, 0.25) is 0 Å². The zero-order valence-corrected chi connectivity index (χ0v) is 28.2. The third-order valence-corrected chi connectivity index (χ3v) is 9.52. The second-order valence-corrected chi connectivity index (χ2v) is 12.7. The fourth-order valence-electron chi connectivity index (χ4n) is 6.53. The van der Waals surface area contributed by atoms with E-state index in [0.29, 0.717) is 50.9 Å². The fourth-order valence-corrected chi connectivity index (χ4v) is 6.53. The highest BCUT2D eigenvalue weighted by molar-refractivity contribution is 6.69. The summed E-state index contributed by atoms with van der Waals surface area (Å²) in [5.74, 6) is 1.39. The van der Waals surface area contributed by atoms with Gasteiger partial charge < -0.3 is 4.42 Å². The normalized spacial score (nSPS) is 11.4. The summed E-state index contributed by atoms with van der Waals surface area (Å²) in [5.41, 5.74) is 7.88. The van der Waals surface area contributed by atoms with Gasteiger partial charge in [-0.3, -0.25) is 0 Å². The smallest absolute Gasteiger partial charge is 0.164 e. The first-order valence-electron chi connectivity index (χ1n) is 16.3. The van der Waals surface area contributed by atoms with Crippen LogP contribution < -0.4 is 54.6 Å². The van der Waals surface area contributed by atoms with Gasteiger partial charge in [0, 0.05) is 27.5 Å². The number of fused-ring (bicyclic) bond motifs is 3. The van der Waals surface area contributed by atoms with Crippen LogP contribution in [0.1, 0.15) is 0 Å². The Kier molecular flexibility index (Phi) is 8.76. The number of nitrogens with zero attached hydrogens (tertiary/aromatic N) is 3. The standard InChI is InChI=1S/C39H15B10N3O/c40-27-25(28(41)32(45)35(48)31(27)44)16-6-8-18(9-7-16)38-50-37(17-4-2-1-3-5-17)51-39(52-38)20-11-13-22-21-12-10-19(14-23(21)53-24(22)15-20)26-29(42)33(46)36(49)34(47)30(26)43/h1-15H. The van der Waals surface area contributed by atoms with Crippen LogP contribution in [0.4, 0.5) is 0 Å². The SMILES string of the molecule is [B]c1c([B])c([B])c(-c2ccc(-c3nc(-c4ccccc4)nc(-c4ccc5c(c4)oc4cc(-c6c([B])c([B])c([B])c([B])c6[B])ccc45)n3)cc2)c([B])c1[B]. The Morgan fingerprint density at radius 1 is 0.321 bits per heavy atom. The van der Waals surface area contributed by atoms with Crippen LogP contribution in [-0.2, 0) is 0 Å². The molecule has 20 radical (unpaired) electrons. The summed E-state index contributed by atoms with van der Waals surface area (Å²) < 4.78 is 6.38. The van der Waals surface area contributed by atoms with Crippen molar-refractivity contribution in [1.82, 2.24) is 15.0 Å². The minimum absolute atomic E-state index is 0.153. The molecule has 0 N–H and O–H groups in total. The molecular formula is C39H15B10N3O. The van der Waals surface area contributed by atoms with Crippen LogP contribution in [0, 0.1) is 0 Å². The Morgan fingerprint density at radius 3 is 1.15 bits per heavy atom. The molecular weight excluding hydrogens is 635 g/mol. The lowest BCUT2D eigenvalue weighted by atomic mass is 9.59. The van der Waals surface area contributed by atoms with Crippen LogP contribution >= 0.6 is 0 Å². The quantitative estimate of drug-likeness (QED) is 0.204. The molecule has 0 aliphatic heterocycles. The Morgan fingerprint density at radius 2 is 0.660 bits per heavy atom. The van der Waals surface area contributed by atoms with E-state index in [0.717, 1.165) is 27.5 Å². The number of hydrogen-bond acceptors (Lipinski definition) is 4. The van der Waals surface area contributed by atoms with Crippen LogP contribution in [0.25, 0.3) is 78.4 Å². The summed E-state index contributed by atoms with van der Waals surface area (Å²) in [6, 6.07) is 28.6. The van der Waals surface area contributed by atoms with Crippen molar-refractivity contribution < 1.29 is 4.42 Å². The molecule has 0 fully saturated rings. The zero-order valence-electron chi connectivity index (χ0n) is 28.2. The molecule has 0 aliphatic rings. The van der Waals surface area contributed by atoms with Gasteiger partial charge in [-0.05, 0) is 46.5 Å². The molecule has 0 amide bonds. The van der Waals surface area contributed by atoms with Crippen molar-refractivity contribution in [3.63, 3.8) is 0 Å². The van der Waals surface area contributed by atoms with E-state index in [-0.39, 0.29) is 54.6 Å². The minimum atomic E-state index is 0.153. The Bertz CT molecular complexity index is 2730. The lowest BCUT2D eigenvalue weighted by Gasteiger charge is -2.21. The van der Waals surface area contributed by atoms with E-state index < -0.39 is 0 Å². The third-order valence-electron chi connectivity index (χ3n) is 9.52. The average Bonchev–Trinajstić information content (AvgIpc) is 3.55. The number of benzene rings is 6. The Hall–Kier alpha value is -5.22. The summed E-state index contributed by atoms with van der Waals surface area (Å²) in [6.45, 7) is 0. The molecule has 2 aromatic heterocycles. The van der Waals surface area contributed by atoms with Gasteiger partial charge in [0.05, 0.1) is 0 Å². The monoisotopic (exact) mass is 651 g/mol. The van der Waals surface area contributed by atoms with E-state index >= 15 is 0 Å². The van der Waals surface area contributed by atoms with Gasteiger partial charge in [0.1, 0.15) is 89.6 Å². The fraction of sp³-hybridized carbons (Fsp3) is 0. The third kappa shape index (κ3) is 5.84. The highest BCUT2D eigenvalue weighted by Gasteiger charge is 2.18. The van der Waals surface area contributed by atoms with E-state index in [4.69, 9.17) is 97.8 Å². The maximum atomic E-state index is 6.38. The molecule has 222 valence electrons. The van der Waals surface area contributed by atoms with Crippen molar-refractivity contribution in [3.05, 3.63) is 91.0 Å². The van der Waals surface area contributed by atoms with Gasteiger partial charge in [-0.15, -0.1) is 32.8 Å². The Labute approximate surface area is 320 Å². The molecule has 0 saturated carbocycles. The van der Waals surface area contributed by atoms with Crippen LogP contribution in [0.15, 0.2) is 95.4 Å². The molecule has 53 heavy (non-hydrogen) atoms. The van der Waals surface area contributed by atoms with Crippen LogP contribution in [-0.4, -0.2) is 93.4 Å². The maximum absolute atomic E-state index is 6.38. The summed E-state index contributed by atoms with van der Waals surface area (Å²) in [5, 5.41) is 1.78. The molecule has 6 aromatic carbocycles. The molecule has 0 atom stereocenters. The highest BCUT2D eigenvalue weighted by atomic mass is 16.3.